The monoisotopic (exact) mass is 736 g/mol. The normalized spacial score (nSPS) is 17.1. The Hall–Kier alpha value is -3.02. The van der Waals surface area contributed by atoms with Gasteiger partial charge >= 0.3 is 99.2 Å². The topological polar surface area (TPSA) is 0 Å². The van der Waals surface area contributed by atoms with Crippen LogP contribution in [0.1, 0.15) is 121 Å². The third kappa shape index (κ3) is 9.06. The molecule has 5 aromatic rings. The van der Waals surface area contributed by atoms with Gasteiger partial charge in [0, 0.05) is 0 Å². The summed E-state index contributed by atoms with van der Waals surface area (Å²) in [4.78, 5) is 0. The summed E-state index contributed by atoms with van der Waals surface area (Å²) in [6, 6.07) is 33.0. The molecule has 0 saturated heterocycles. The molecule has 0 nitrogen and oxygen atoms in total. The van der Waals surface area contributed by atoms with E-state index in [0.717, 1.165) is 0 Å². The van der Waals surface area contributed by atoms with Crippen LogP contribution in [-0.2, 0) is 35.1 Å². The summed E-state index contributed by atoms with van der Waals surface area (Å²) in [6.45, 7) is 22.9. The molecule has 0 radical (unpaired) electrons. The van der Waals surface area contributed by atoms with Gasteiger partial charge in [0.15, 0.2) is 0 Å². The van der Waals surface area contributed by atoms with Crippen molar-refractivity contribution in [3.8, 4) is 0 Å². The molecule has 50 heavy (non-hydrogen) atoms. The van der Waals surface area contributed by atoms with Crippen molar-refractivity contribution in [1.82, 2.24) is 0 Å². The van der Waals surface area contributed by atoms with Crippen LogP contribution in [0.3, 0.4) is 0 Å². The van der Waals surface area contributed by atoms with Crippen LogP contribution in [0.4, 0.5) is 0 Å². The standard InChI is InChI=1S/C23H29.C13H19.C13H10.Zr/c1-14-9-16-11-17-10-15(2)21(23(6,7)8)13-19(17)18(16)12-20(14)22(3,4)5;1-11-6-7-12(10-11)13(2)8-4-3-5-9-13;1-3-7-12(8-4-1)11-13-9-5-2-6-10-13;/h9-13H,1-8H3;7,10-11H,3-5,8-9H2,1-2H3;1-10H;/q2*-1;;+2. The Labute approximate surface area is 318 Å². The number of fused-ring (bicyclic) bond motifs is 3. The first-order valence-electron chi connectivity index (χ1n) is 18.7. The van der Waals surface area contributed by atoms with Crippen LogP contribution in [0.2, 0.25) is 0 Å². The molecule has 0 N–H and O–H groups in total. The summed E-state index contributed by atoms with van der Waals surface area (Å²) in [5.74, 6) is 0.550. The molecule has 0 heterocycles. The summed E-state index contributed by atoms with van der Waals surface area (Å²) < 4.78 is 1.42. The van der Waals surface area contributed by atoms with E-state index in [9.17, 15) is 0 Å². The van der Waals surface area contributed by atoms with Crippen molar-refractivity contribution in [3.05, 3.63) is 148 Å². The number of allylic oxidation sites excluding steroid dienone is 4. The first-order chi connectivity index (χ1) is 23.6. The van der Waals surface area contributed by atoms with Gasteiger partial charge in [0.1, 0.15) is 0 Å². The van der Waals surface area contributed by atoms with Gasteiger partial charge < -0.3 is 0 Å². The molecule has 0 bridgehead atoms. The minimum atomic E-state index is 0.180. The predicted molar refractivity (Wildman–Crippen MR) is 216 cm³/mol. The molecule has 1 unspecified atom stereocenters. The van der Waals surface area contributed by atoms with Crippen molar-refractivity contribution in [3.63, 3.8) is 0 Å². The van der Waals surface area contributed by atoms with E-state index in [1.807, 2.05) is 0 Å². The Morgan fingerprint density at radius 1 is 0.700 bits per heavy atom. The molecule has 0 spiro atoms. The molecule has 258 valence electrons. The fraction of sp³-hybridized carbons (Fsp3) is 0.388. The zero-order valence-electron chi connectivity index (χ0n) is 32.4. The molecule has 0 amide bonds. The molecule has 7 rings (SSSR count). The SMILES string of the molecule is CC1[C-]=CC(C2(C)CCCCC2)=C1.Cc1cc2[cH-]c3cc(C)c(C(C)(C)C)cc3c2cc1C(C)(C)C.[Zr+2]=[C](c1ccccc1)c1ccccc1. The maximum absolute atomic E-state index is 3.37. The summed E-state index contributed by atoms with van der Waals surface area (Å²) >= 11 is 1.46. The fourth-order valence-electron chi connectivity index (χ4n) is 7.91. The number of benzene rings is 4. The molecule has 1 fully saturated rings. The van der Waals surface area contributed by atoms with Crippen molar-refractivity contribution in [1.29, 1.82) is 0 Å². The van der Waals surface area contributed by atoms with Gasteiger partial charge in [0.25, 0.3) is 0 Å². The van der Waals surface area contributed by atoms with Crippen molar-refractivity contribution in [2.75, 3.05) is 0 Å². The van der Waals surface area contributed by atoms with Gasteiger partial charge in [-0.2, -0.15) is 11.6 Å². The molecule has 0 aromatic heterocycles. The van der Waals surface area contributed by atoms with Gasteiger partial charge in [-0.25, -0.2) is 6.08 Å². The number of hydrogen-bond acceptors (Lipinski definition) is 0. The molecule has 2 aliphatic carbocycles. The number of rotatable bonds is 3. The van der Waals surface area contributed by atoms with Crippen LogP contribution in [0.5, 0.6) is 0 Å². The van der Waals surface area contributed by atoms with Crippen molar-refractivity contribution >= 4 is 24.8 Å². The van der Waals surface area contributed by atoms with Crippen LogP contribution >= 0.6 is 0 Å². The predicted octanol–water partition coefficient (Wildman–Crippen LogP) is 13.6. The quantitative estimate of drug-likeness (QED) is 0.162. The second-order valence-corrected chi connectivity index (χ2v) is 18.3. The summed E-state index contributed by atoms with van der Waals surface area (Å²) in [5.41, 5.74) is 10.8. The Balaban J connectivity index is 0.000000155. The average molecular weight is 738 g/mol. The molecule has 2 aliphatic rings. The van der Waals surface area contributed by atoms with E-state index < -0.39 is 0 Å². The second kappa shape index (κ2) is 15.7. The van der Waals surface area contributed by atoms with Gasteiger partial charge in [-0.3, -0.25) is 6.08 Å². The fourth-order valence-corrected chi connectivity index (χ4v) is 8.73. The van der Waals surface area contributed by atoms with Gasteiger partial charge in [0.05, 0.1) is 0 Å². The van der Waals surface area contributed by atoms with Crippen molar-refractivity contribution < 1.29 is 24.2 Å². The summed E-state index contributed by atoms with van der Waals surface area (Å²) in [5, 5.41) is 5.55. The minimum absolute atomic E-state index is 0.180. The zero-order valence-corrected chi connectivity index (χ0v) is 34.9. The van der Waals surface area contributed by atoms with E-state index in [-0.39, 0.29) is 10.8 Å². The van der Waals surface area contributed by atoms with Gasteiger partial charge in [0.2, 0.25) is 0 Å². The first kappa shape index (κ1) is 38.2. The second-order valence-electron chi connectivity index (χ2n) is 17.1. The molecule has 1 saturated carbocycles. The summed E-state index contributed by atoms with van der Waals surface area (Å²) in [7, 11) is 0. The molecule has 0 aliphatic heterocycles. The Morgan fingerprint density at radius 2 is 1.14 bits per heavy atom. The van der Waals surface area contributed by atoms with E-state index in [2.05, 4.69) is 178 Å². The molecular weight excluding hydrogens is 680 g/mol. The zero-order chi connectivity index (χ0) is 36.3. The van der Waals surface area contributed by atoms with Gasteiger partial charge in [-0.05, 0) is 24.7 Å². The first-order valence-corrected chi connectivity index (χ1v) is 20.0. The number of hydrogen-bond donors (Lipinski definition) is 0. The molecule has 1 atom stereocenters. The van der Waals surface area contributed by atoms with Crippen LogP contribution in [-0.4, -0.2) is 3.21 Å². The van der Waals surface area contributed by atoms with Crippen molar-refractivity contribution in [2.45, 2.75) is 112 Å². The van der Waals surface area contributed by atoms with Gasteiger partial charge in [-0.15, -0.1) is 39.7 Å². The van der Waals surface area contributed by atoms with Crippen LogP contribution in [0, 0.1) is 31.3 Å². The van der Waals surface area contributed by atoms with Crippen LogP contribution < -0.4 is 0 Å². The Bertz CT molecular complexity index is 1860. The van der Waals surface area contributed by atoms with E-state index in [1.54, 1.807) is 5.57 Å². The van der Waals surface area contributed by atoms with E-state index in [1.165, 1.54) is 114 Å². The van der Waals surface area contributed by atoms with Crippen molar-refractivity contribution in [2.24, 2.45) is 11.3 Å². The molecular formula is C49H58Zr. The third-order valence-electron chi connectivity index (χ3n) is 10.7. The molecule has 1 heteroatoms. The van der Waals surface area contributed by atoms with Crippen LogP contribution in [0.25, 0.3) is 21.5 Å². The number of aryl methyl sites for hydroxylation is 2. The van der Waals surface area contributed by atoms with E-state index in [4.69, 9.17) is 0 Å². The molecule has 5 aromatic carbocycles. The van der Waals surface area contributed by atoms with Gasteiger partial charge in [-0.1, -0.05) is 133 Å². The van der Waals surface area contributed by atoms with Crippen LogP contribution in [0.15, 0.2) is 109 Å². The maximum atomic E-state index is 3.37. The Morgan fingerprint density at radius 3 is 1.52 bits per heavy atom. The average Bonchev–Trinajstić information content (AvgIpc) is 3.67. The van der Waals surface area contributed by atoms with E-state index in [0.29, 0.717) is 11.3 Å². The third-order valence-corrected chi connectivity index (χ3v) is 12.1. The summed E-state index contributed by atoms with van der Waals surface area (Å²) in [6.07, 6.45) is 15.0. The van der Waals surface area contributed by atoms with E-state index >= 15 is 0 Å². The Kier molecular flexibility index (Phi) is 12.0.